The van der Waals surface area contributed by atoms with Gasteiger partial charge < -0.3 is 25.0 Å². The van der Waals surface area contributed by atoms with Gasteiger partial charge in [-0.2, -0.15) is 18.4 Å². The standard InChI is InChI=1S/C21H20F3N3O5/c1-4-31-18(30)26-13-8-19(2)14-15(20(13,3)32-19)17(29)27(16(14)28)11-6-5-10(9-25)12(7-11)21(22,23)24/h5-7,13,28-29H,4,8H2,1-3H3,(H,26,30)/t13-,19+,20-/m0/s1. The molecule has 0 unspecified atom stereocenters. The summed E-state index contributed by atoms with van der Waals surface area (Å²) in [4.78, 5) is 12.0. The first-order valence-electron chi connectivity index (χ1n) is 9.80. The number of aromatic nitrogens is 1. The molecule has 8 nitrogen and oxygen atoms in total. The number of alkyl halides is 3. The second kappa shape index (κ2) is 6.80. The molecule has 1 saturated heterocycles. The number of alkyl carbamates (subject to hydrolysis) is 1. The average molecular weight is 451 g/mol. The molecular weight excluding hydrogens is 431 g/mol. The van der Waals surface area contributed by atoms with Crippen molar-refractivity contribution >= 4 is 6.09 Å². The van der Waals surface area contributed by atoms with E-state index in [0.29, 0.717) is 6.07 Å². The third kappa shape index (κ3) is 2.90. The molecule has 1 fully saturated rings. The fourth-order valence-corrected chi connectivity index (χ4v) is 4.81. The summed E-state index contributed by atoms with van der Waals surface area (Å²) in [6, 6.07) is 3.74. The van der Waals surface area contributed by atoms with E-state index in [1.54, 1.807) is 20.8 Å². The highest BCUT2D eigenvalue weighted by Gasteiger charge is 2.65. The second-order valence-corrected chi connectivity index (χ2v) is 8.13. The molecule has 1 aromatic carbocycles. The van der Waals surface area contributed by atoms with E-state index in [1.807, 2.05) is 0 Å². The van der Waals surface area contributed by atoms with Crippen LogP contribution in [-0.2, 0) is 26.9 Å². The Morgan fingerprint density at radius 2 is 2.00 bits per heavy atom. The Morgan fingerprint density at radius 3 is 2.59 bits per heavy atom. The van der Waals surface area contributed by atoms with Gasteiger partial charge in [0.15, 0.2) is 0 Å². The van der Waals surface area contributed by atoms with E-state index in [4.69, 9.17) is 14.7 Å². The van der Waals surface area contributed by atoms with Crippen LogP contribution in [0.4, 0.5) is 18.0 Å². The Balaban J connectivity index is 1.85. The Morgan fingerprint density at radius 1 is 1.34 bits per heavy atom. The molecule has 2 bridgehead atoms. The van der Waals surface area contributed by atoms with Gasteiger partial charge in [0.2, 0.25) is 11.8 Å². The monoisotopic (exact) mass is 451 g/mol. The maximum absolute atomic E-state index is 13.4. The maximum atomic E-state index is 13.4. The Kier molecular flexibility index (Phi) is 4.64. The Hall–Kier alpha value is -3.39. The third-order valence-electron chi connectivity index (χ3n) is 6.10. The van der Waals surface area contributed by atoms with Crippen molar-refractivity contribution in [3.05, 3.63) is 40.5 Å². The number of nitrogens with zero attached hydrogens (tertiary/aromatic N) is 2. The predicted octanol–water partition coefficient (Wildman–Crippen LogP) is 3.76. The van der Waals surface area contributed by atoms with Crippen LogP contribution >= 0.6 is 0 Å². The molecule has 4 rings (SSSR count). The number of halogens is 3. The molecule has 0 aliphatic carbocycles. The van der Waals surface area contributed by atoms with Crippen molar-refractivity contribution in [3.8, 4) is 23.5 Å². The molecule has 11 heteroatoms. The van der Waals surface area contributed by atoms with Crippen molar-refractivity contribution in [3.63, 3.8) is 0 Å². The number of hydrogen-bond donors (Lipinski definition) is 3. The first-order valence-corrected chi connectivity index (χ1v) is 9.80. The summed E-state index contributed by atoms with van der Waals surface area (Å²) in [6.45, 7) is 5.08. The van der Waals surface area contributed by atoms with Gasteiger partial charge in [0.25, 0.3) is 0 Å². The SMILES string of the molecule is CCOC(=O)N[C@H]1C[C@@]2(C)O[C@]1(C)c1c2c(O)n(-c2ccc(C#N)c(C(F)(F)F)c2)c1O. The summed E-state index contributed by atoms with van der Waals surface area (Å²) in [5.74, 6) is -0.993. The summed E-state index contributed by atoms with van der Waals surface area (Å²) in [7, 11) is 0. The lowest BCUT2D eigenvalue weighted by molar-refractivity contribution is -0.137. The molecule has 3 atom stereocenters. The normalized spacial score (nSPS) is 26.0. The number of rotatable bonds is 3. The zero-order valence-corrected chi connectivity index (χ0v) is 17.4. The van der Waals surface area contributed by atoms with Crippen molar-refractivity contribution in [2.75, 3.05) is 6.61 Å². The number of ether oxygens (including phenoxy) is 2. The van der Waals surface area contributed by atoms with Gasteiger partial charge in [-0.15, -0.1) is 0 Å². The number of carbonyl (C=O) groups is 1. The fraction of sp³-hybridized carbons (Fsp3) is 0.429. The number of hydrogen-bond acceptors (Lipinski definition) is 6. The van der Waals surface area contributed by atoms with Crippen LogP contribution in [0, 0.1) is 11.3 Å². The van der Waals surface area contributed by atoms with Crippen molar-refractivity contribution in [1.82, 2.24) is 9.88 Å². The molecule has 0 spiro atoms. The Labute approximate surface area is 180 Å². The van der Waals surface area contributed by atoms with Gasteiger partial charge in [-0.05, 0) is 39.0 Å². The third-order valence-corrected chi connectivity index (χ3v) is 6.10. The number of amides is 1. The molecule has 1 aromatic heterocycles. The molecule has 1 amide bonds. The van der Waals surface area contributed by atoms with Crippen LogP contribution in [0.2, 0.25) is 0 Å². The molecule has 2 aliphatic rings. The first-order chi connectivity index (χ1) is 14.9. The minimum absolute atomic E-state index is 0.154. The molecule has 2 aromatic rings. The van der Waals surface area contributed by atoms with Crippen molar-refractivity contribution in [2.24, 2.45) is 0 Å². The van der Waals surface area contributed by atoms with Crippen LogP contribution in [-0.4, -0.2) is 33.5 Å². The van der Waals surface area contributed by atoms with Crippen LogP contribution in [0.3, 0.4) is 0 Å². The maximum Gasteiger partial charge on any atom is 0.417 e. The summed E-state index contributed by atoms with van der Waals surface area (Å²) >= 11 is 0. The quantitative estimate of drug-likeness (QED) is 0.654. The highest BCUT2D eigenvalue weighted by atomic mass is 19.4. The highest BCUT2D eigenvalue weighted by Crippen LogP contribution is 2.64. The van der Waals surface area contributed by atoms with E-state index in [9.17, 15) is 28.2 Å². The summed E-state index contributed by atoms with van der Waals surface area (Å²) in [5.41, 5.74) is -3.92. The van der Waals surface area contributed by atoms with Gasteiger partial charge >= 0.3 is 12.3 Å². The molecule has 2 aliphatic heterocycles. The van der Waals surface area contributed by atoms with Gasteiger partial charge in [0, 0.05) is 6.42 Å². The van der Waals surface area contributed by atoms with Crippen molar-refractivity contribution in [2.45, 2.75) is 50.6 Å². The first kappa shape index (κ1) is 21.8. The lowest BCUT2D eigenvalue weighted by Gasteiger charge is -2.30. The largest absolute Gasteiger partial charge is 0.494 e. The molecule has 32 heavy (non-hydrogen) atoms. The van der Waals surface area contributed by atoms with Crippen LogP contribution in [0.5, 0.6) is 11.8 Å². The van der Waals surface area contributed by atoms with Crippen LogP contribution < -0.4 is 5.32 Å². The minimum Gasteiger partial charge on any atom is -0.494 e. The molecule has 0 saturated carbocycles. The number of nitrogens with one attached hydrogen (secondary N) is 1. The van der Waals surface area contributed by atoms with Crippen molar-refractivity contribution < 1.29 is 37.7 Å². The molecule has 3 heterocycles. The number of carbonyl (C=O) groups excluding carboxylic acids is 1. The second-order valence-electron chi connectivity index (χ2n) is 8.13. The number of benzene rings is 1. The van der Waals surface area contributed by atoms with E-state index < -0.39 is 52.4 Å². The predicted molar refractivity (Wildman–Crippen MR) is 103 cm³/mol. The van der Waals surface area contributed by atoms with Gasteiger partial charge in [0.1, 0.15) is 5.60 Å². The summed E-state index contributed by atoms with van der Waals surface area (Å²) < 4.78 is 52.2. The zero-order valence-electron chi connectivity index (χ0n) is 17.4. The van der Waals surface area contributed by atoms with Gasteiger partial charge in [-0.25, -0.2) is 4.79 Å². The van der Waals surface area contributed by atoms with Crippen molar-refractivity contribution in [1.29, 1.82) is 5.26 Å². The van der Waals surface area contributed by atoms with E-state index in [0.717, 1.165) is 10.6 Å². The molecule has 0 radical (unpaired) electrons. The number of aromatic hydroxyl groups is 2. The smallest absolute Gasteiger partial charge is 0.417 e. The lowest BCUT2D eigenvalue weighted by Crippen LogP contribution is -2.47. The number of nitriles is 1. The average Bonchev–Trinajstić information content (AvgIpc) is 3.21. The Bertz CT molecular complexity index is 1170. The molecule has 3 N–H and O–H groups in total. The minimum atomic E-state index is -4.81. The van der Waals surface area contributed by atoms with Crippen LogP contribution in [0.15, 0.2) is 18.2 Å². The van der Waals surface area contributed by atoms with Gasteiger partial charge in [-0.1, -0.05) is 0 Å². The van der Waals surface area contributed by atoms with E-state index in [1.165, 1.54) is 12.1 Å². The van der Waals surface area contributed by atoms with E-state index in [2.05, 4.69) is 5.32 Å². The van der Waals surface area contributed by atoms with Gasteiger partial charge in [-0.3, -0.25) is 4.57 Å². The fourth-order valence-electron chi connectivity index (χ4n) is 4.81. The lowest BCUT2D eigenvalue weighted by atomic mass is 9.76. The molecular formula is C21H20F3N3O5. The van der Waals surface area contributed by atoms with E-state index >= 15 is 0 Å². The highest BCUT2D eigenvalue weighted by molar-refractivity contribution is 5.69. The topological polar surface area (TPSA) is 117 Å². The summed E-state index contributed by atoms with van der Waals surface area (Å²) in [6.07, 6.45) is -5.24. The van der Waals surface area contributed by atoms with E-state index in [-0.39, 0.29) is 29.8 Å². The number of fused-ring (bicyclic) bond motifs is 5. The van der Waals surface area contributed by atoms with Crippen LogP contribution in [0.1, 0.15) is 49.4 Å². The molecule has 170 valence electrons. The van der Waals surface area contributed by atoms with Gasteiger partial charge in [0.05, 0.1) is 52.3 Å². The van der Waals surface area contributed by atoms with Crippen LogP contribution in [0.25, 0.3) is 5.69 Å². The summed E-state index contributed by atoms with van der Waals surface area (Å²) in [5, 5.41) is 33.6. The zero-order chi connectivity index (χ0) is 23.6.